The fourth-order valence-corrected chi connectivity index (χ4v) is 2.48. The number of ether oxygens (including phenoxy) is 1. The first-order valence-electron chi connectivity index (χ1n) is 7.88. The van der Waals surface area contributed by atoms with Crippen LogP contribution in [0.1, 0.15) is 12.5 Å². The molecule has 144 valence electrons. The molecule has 1 atom stereocenters. The Morgan fingerprint density at radius 3 is 2.04 bits per heavy atom. The number of aliphatic hydroxyl groups is 1. The highest BCUT2D eigenvalue weighted by Gasteiger charge is 2.62. The van der Waals surface area contributed by atoms with E-state index in [0.29, 0.717) is 5.69 Å². The second-order valence-corrected chi connectivity index (χ2v) is 5.86. The molecule has 2 aromatic carbocycles. The number of halogens is 3. The number of nitrogens with one attached hydrogen (secondary N) is 2. The van der Waals surface area contributed by atoms with Crippen molar-refractivity contribution in [1.29, 1.82) is 0 Å². The topological polar surface area (TPSA) is 70.6 Å². The maximum atomic E-state index is 13.3. The first kappa shape index (κ1) is 20.7. The van der Waals surface area contributed by atoms with Gasteiger partial charge in [-0.15, -0.1) is 0 Å². The summed E-state index contributed by atoms with van der Waals surface area (Å²) in [7, 11) is 0. The van der Waals surface area contributed by atoms with E-state index in [-0.39, 0.29) is 11.7 Å². The monoisotopic (exact) mass is 398 g/mol. The summed E-state index contributed by atoms with van der Waals surface area (Å²) >= 11 is 5.13. The maximum Gasteiger partial charge on any atom is 0.432 e. The molecule has 0 aliphatic heterocycles. The van der Waals surface area contributed by atoms with Crippen LogP contribution in [0.25, 0.3) is 0 Å². The maximum absolute atomic E-state index is 13.3. The third-order valence-corrected chi connectivity index (χ3v) is 3.78. The van der Waals surface area contributed by atoms with E-state index in [4.69, 9.17) is 12.2 Å². The normalized spacial score (nSPS) is 13.4. The Hall–Kier alpha value is -2.65. The van der Waals surface area contributed by atoms with Gasteiger partial charge < -0.3 is 20.5 Å². The standard InChI is InChI=1S/C18H17F3N2O3S/c1-2-26-15(24)17(25,18(19,20)21)12-8-10-14(11-9-12)23-16(27)22-13-6-4-3-5-7-13/h3-11,25H,2H2,1H3,(H2,22,23,27)/t17-/m0/s1. The highest BCUT2D eigenvalue weighted by atomic mass is 32.1. The predicted octanol–water partition coefficient (Wildman–Crippen LogP) is 3.81. The molecule has 0 heterocycles. The van der Waals surface area contributed by atoms with Crippen molar-refractivity contribution in [3.05, 3.63) is 60.2 Å². The van der Waals surface area contributed by atoms with Gasteiger partial charge in [0, 0.05) is 16.9 Å². The number of carbonyl (C=O) groups excluding carboxylic acids is 1. The quantitative estimate of drug-likeness (QED) is 0.526. The Balaban J connectivity index is 2.17. The summed E-state index contributed by atoms with van der Waals surface area (Å²) in [6, 6.07) is 13.6. The van der Waals surface area contributed by atoms with Gasteiger partial charge in [-0.3, -0.25) is 0 Å². The molecule has 0 aromatic heterocycles. The molecule has 0 saturated heterocycles. The van der Waals surface area contributed by atoms with Gasteiger partial charge in [0.1, 0.15) is 0 Å². The van der Waals surface area contributed by atoms with Gasteiger partial charge in [0.15, 0.2) is 5.11 Å². The molecule has 0 aliphatic carbocycles. The minimum absolute atomic E-state index is 0.227. The zero-order valence-electron chi connectivity index (χ0n) is 14.2. The summed E-state index contributed by atoms with van der Waals surface area (Å²) in [5.41, 5.74) is -3.29. The molecule has 2 rings (SSSR count). The van der Waals surface area contributed by atoms with Crippen LogP contribution in [0.5, 0.6) is 0 Å². The van der Waals surface area contributed by atoms with E-state index in [1.807, 2.05) is 18.2 Å². The fraction of sp³-hybridized carbons (Fsp3) is 0.222. The average Bonchev–Trinajstić information content (AvgIpc) is 2.61. The summed E-state index contributed by atoms with van der Waals surface area (Å²) in [4.78, 5) is 11.7. The van der Waals surface area contributed by atoms with Crippen LogP contribution in [0.4, 0.5) is 24.5 Å². The Kier molecular flexibility index (Phi) is 6.40. The molecular weight excluding hydrogens is 381 g/mol. The highest BCUT2D eigenvalue weighted by molar-refractivity contribution is 7.80. The van der Waals surface area contributed by atoms with Gasteiger partial charge in [0.05, 0.1) is 6.61 Å². The van der Waals surface area contributed by atoms with Crippen molar-refractivity contribution >= 4 is 34.7 Å². The summed E-state index contributed by atoms with van der Waals surface area (Å²) < 4.78 is 44.4. The van der Waals surface area contributed by atoms with Crippen LogP contribution >= 0.6 is 12.2 Å². The molecule has 0 fully saturated rings. The lowest BCUT2D eigenvalue weighted by molar-refractivity contribution is -0.267. The Morgan fingerprint density at radius 1 is 1.04 bits per heavy atom. The second kappa shape index (κ2) is 8.36. The molecular formula is C18H17F3N2O3S. The number of hydrogen-bond acceptors (Lipinski definition) is 4. The highest BCUT2D eigenvalue weighted by Crippen LogP contribution is 2.40. The van der Waals surface area contributed by atoms with Gasteiger partial charge in [-0.25, -0.2) is 4.79 Å². The lowest BCUT2D eigenvalue weighted by Crippen LogP contribution is -2.50. The molecule has 0 aliphatic rings. The Labute approximate surface area is 159 Å². The second-order valence-electron chi connectivity index (χ2n) is 5.45. The number of carbonyl (C=O) groups is 1. The van der Waals surface area contributed by atoms with Crippen molar-refractivity contribution in [1.82, 2.24) is 0 Å². The number of anilines is 2. The first-order chi connectivity index (χ1) is 12.7. The zero-order valence-corrected chi connectivity index (χ0v) is 15.0. The molecule has 0 bridgehead atoms. The summed E-state index contributed by atoms with van der Waals surface area (Å²) in [5, 5.41) is 16.0. The van der Waals surface area contributed by atoms with Crippen molar-refractivity contribution < 1.29 is 27.8 Å². The van der Waals surface area contributed by atoms with E-state index in [1.165, 1.54) is 19.1 Å². The molecule has 9 heteroatoms. The van der Waals surface area contributed by atoms with Crippen LogP contribution in [0.2, 0.25) is 0 Å². The molecule has 0 amide bonds. The van der Waals surface area contributed by atoms with Crippen molar-refractivity contribution in [2.24, 2.45) is 0 Å². The van der Waals surface area contributed by atoms with E-state index in [1.54, 1.807) is 12.1 Å². The van der Waals surface area contributed by atoms with Gasteiger partial charge in [-0.1, -0.05) is 30.3 Å². The number of thiocarbonyl (C=S) groups is 1. The SMILES string of the molecule is CCOC(=O)[C@@](O)(c1ccc(NC(=S)Nc2ccccc2)cc1)C(F)(F)F. The van der Waals surface area contributed by atoms with Crippen molar-refractivity contribution in [2.75, 3.05) is 17.2 Å². The molecule has 27 heavy (non-hydrogen) atoms. The lowest BCUT2D eigenvalue weighted by Gasteiger charge is -2.28. The van der Waals surface area contributed by atoms with Crippen LogP contribution in [0.15, 0.2) is 54.6 Å². The van der Waals surface area contributed by atoms with E-state index >= 15 is 0 Å². The number of para-hydroxylation sites is 1. The minimum Gasteiger partial charge on any atom is -0.463 e. The summed E-state index contributed by atoms with van der Waals surface area (Å²) in [6.07, 6.45) is -5.24. The number of benzene rings is 2. The number of rotatable bonds is 5. The molecule has 0 radical (unpaired) electrons. The molecule has 2 aromatic rings. The number of hydrogen-bond donors (Lipinski definition) is 3. The largest absolute Gasteiger partial charge is 0.463 e. The number of esters is 1. The van der Waals surface area contributed by atoms with Gasteiger partial charge in [-0.2, -0.15) is 13.2 Å². The molecule has 5 nitrogen and oxygen atoms in total. The Morgan fingerprint density at radius 2 is 1.56 bits per heavy atom. The van der Waals surface area contributed by atoms with Crippen molar-refractivity contribution in [3.63, 3.8) is 0 Å². The van der Waals surface area contributed by atoms with Gasteiger partial charge in [-0.05, 0) is 43.4 Å². The summed E-state index contributed by atoms with van der Waals surface area (Å²) in [5.74, 6) is -1.78. The van der Waals surface area contributed by atoms with Gasteiger partial charge >= 0.3 is 12.1 Å². The Bertz CT molecular complexity index is 798. The molecule has 0 unspecified atom stereocenters. The predicted molar refractivity (Wildman–Crippen MR) is 99.3 cm³/mol. The van der Waals surface area contributed by atoms with Crippen LogP contribution in [-0.4, -0.2) is 29.0 Å². The van der Waals surface area contributed by atoms with Gasteiger partial charge in [0.2, 0.25) is 0 Å². The van der Waals surface area contributed by atoms with E-state index in [2.05, 4.69) is 15.4 Å². The van der Waals surface area contributed by atoms with Crippen LogP contribution in [0.3, 0.4) is 0 Å². The average molecular weight is 398 g/mol. The zero-order chi connectivity index (χ0) is 20.1. The van der Waals surface area contributed by atoms with Crippen molar-refractivity contribution in [3.8, 4) is 0 Å². The van der Waals surface area contributed by atoms with Crippen LogP contribution < -0.4 is 10.6 Å². The third-order valence-electron chi connectivity index (χ3n) is 3.57. The number of alkyl halides is 3. The van der Waals surface area contributed by atoms with E-state index in [9.17, 15) is 23.1 Å². The molecule has 0 spiro atoms. The van der Waals surface area contributed by atoms with Crippen LogP contribution in [-0.2, 0) is 15.1 Å². The third kappa shape index (κ3) is 4.75. The lowest BCUT2D eigenvalue weighted by atomic mass is 9.93. The summed E-state index contributed by atoms with van der Waals surface area (Å²) in [6.45, 7) is 1.05. The molecule has 0 saturated carbocycles. The molecule has 3 N–H and O–H groups in total. The van der Waals surface area contributed by atoms with E-state index in [0.717, 1.165) is 17.8 Å². The van der Waals surface area contributed by atoms with Crippen molar-refractivity contribution in [2.45, 2.75) is 18.7 Å². The fourth-order valence-electron chi connectivity index (χ4n) is 2.24. The van der Waals surface area contributed by atoms with Crippen LogP contribution in [0, 0.1) is 0 Å². The van der Waals surface area contributed by atoms with Gasteiger partial charge in [0.25, 0.3) is 5.60 Å². The minimum atomic E-state index is -5.24. The van der Waals surface area contributed by atoms with E-state index < -0.39 is 23.3 Å². The first-order valence-corrected chi connectivity index (χ1v) is 8.29. The smallest absolute Gasteiger partial charge is 0.432 e.